The van der Waals surface area contributed by atoms with Crippen LogP contribution < -0.4 is 5.32 Å². The normalized spacial score (nSPS) is 16.2. The Morgan fingerprint density at radius 2 is 2.03 bits per heavy atom. The van der Waals surface area contributed by atoms with Gasteiger partial charge in [-0.2, -0.15) is 5.26 Å². The van der Waals surface area contributed by atoms with Crippen molar-refractivity contribution < 1.29 is 14.3 Å². The second-order valence-corrected chi connectivity index (χ2v) is 11.9. The van der Waals surface area contributed by atoms with Crippen molar-refractivity contribution in [1.82, 2.24) is 4.98 Å². The lowest BCUT2D eigenvalue weighted by Crippen LogP contribution is -2.16. The molecule has 0 aliphatic heterocycles. The third-order valence-electron chi connectivity index (χ3n) is 7.22. The van der Waals surface area contributed by atoms with E-state index in [9.17, 15) is 14.9 Å². The number of fused-ring (bicyclic) bond motifs is 2. The molecule has 8 heteroatoms. The zero-order valence-electron chi connectivity index (χ0n) is 21.5. The van der Waals surface area contributed by atoms with E-state index in [0.717, 1.165) is 61.8 Å². The number of nitrogens with zero attached hydrogens (tertiary/aromatic N) is 2. The minimum atomic E-state index is -0.358. The highest BCUT2D eigenvalue weighted by molar-refractivity contribution is 7.99. The molecule has 1 amide bonds. The van der Waals surface area contributed by atoms with Gasteiger partial charge in [0.1, 0.15) is 16.1 Å². The number of carbonyl (C=O) groups is 2. The number of anilines is 1. The highest BCUT2D eigenvalue weighted by Crippen LogP contribution is 2.39. The molecule has 0 saturated carbocycles. The highest BCUT2D eigenvalue weighted by atomic mass is 32.2. The number of ether oxygens (including phenoxy) is 1. The van der Waals surface area contributed by atoms with Gasteiger partial charge in [0.2, 0.25) is 5.91 Å². The zero-order valence-corrected chi connectivity index (χ0v) is 23.2. The molecule has 5 rings (SSSR count). The lowest BCUT2D eigenvalue weighted by atomic mass is 9.82. The van der Waals surface area contributed by atoms with Crippen LogP contribution in [-0.4, -0.2) is 29.2 Å². The summed E-state index contributed by atoms with van der Waals surface area (Å²) in [4.78, 5) is 31.5. The third kappa shape index (κ3) is 5.79. The predicted molar refractivity (Wildman–Crippen MR) is 151 cm³/mol. The molecule has 0 fully saturated rings. The molecule has 1 atom stereocenters. The number of hydrogen-bond donors (Lipinski definition) is 1. The molecule has 196 valence electrons. The first kappa shape index (κ1) is 26.5. The first-order valence-electron chi connectivity index (χ1n) is 13.3. The van der Waals surface area contributed by atoms with Crippen LogP contribution in [0.15, 0.2) is 41.4 Å². The van der Waals surface area contributed by atoms with Gasteiger partial charge in [0, 0.05) is 22.7 Å². The number of nitrogens with one attached hydrogen (secondary N) is 1. The predicted octanol–water partition coefficient (Wildman–Crippen LogP) is 6.46. The molecular weight excluding hydrogens is 514 g/mol. The van der Waals surface area contributed by atoms with Crippen LogP contribution in [0.4, 0.5) is 5.00 Å². The number of nitriles is 1. The van der Waals surface area contributed by atoms with Crippen molar-refractivity contribution in [2.75, 3.05) is 17.7 Å². The van der Waals surface area contributed by atoms with Gasteiger partial charge in [0.25, 0.3) is 0 Å². The number of pyridine rings is 1. The van der Waals surface area contributed by atoms with Gasteiger partial charge in [0.15, 0.2) is 0 Å². The van der Waals surface area contributed by atoms with Crippen LogP contribution in [0.1, 0.15) is 81.7 Å². The molecule has 0 radical (unpaired) electrons. The van der Waals surface area contributed by atoms with Crippen LogP contribution in [0.5, 0.6) is 0 Å². The third-order valence-corrected chi connectivity index (χ3v) is 9.42. The number of aryl methyl sites for hydroxylation is 2. The maximum Gasteiger partial charge on any atom is 0.341 e. The van der Waals surface area contributed by atoms with Crippen molar-refractivity contribution >= 4 is 40.0 Å². The summed E-state index contributed by atoms with van der Waals surface area (Å²) >= 11 is 2.94. The SMILES string of the molecule is CCOC(=O)c1c(NC(=O)CCSc2nc3c(cc2C#N)CC(c2ccccc2)CC3)sc2c1CCCC2. The van der Waals surface area contributed by atoms with E-state index >= 15 is 0 Å². The maximum atomic E-state index is 12.9. The van der Waals surface area contributed by atoms with Crippen LogP contribution in [-0.2, 0) is 35.2 Å². The summed E-state index contributed by atoms with van der Waals surface area (Å²) in [5, 5.41) is 14.1. The molecule has 2 aromatic heterocycles. The summed E-state index contributed by atoms with van der Waals surface area (Å²) in [6.07, 6.45) is 7.00. The number of hydrogen-bond acceptors (Lipinski definition) is 7. The second kappa shape index (κ2) is 12.1. The van der Waals surface area contributed by atoms with Gasteiger partial charge in [-0.3, -0.25) is 4.79 Å². The maximum absolute atomic E-state index is 12.9. The Morgan fingerprint density at radius 1 is 1.21 bits per heavy atom. The Morgan fingerprint density at radius 3 is 2.82 bits per heavy atom. The van der Waals surface area contributed by atoms with E-state index in [0.29, 0.717) is 39.4 Å². The van der Waals surface area contributed by atoms with Crippen molar-refractivity contribution in [3.63, 3.8) is 0 Å². The Bertz CT molecular complexity index is 1380. The van der Waals surface area contributed by atoms with E-state index in [1.807, 2.05) is 12.1 Å². The molecule has 0 saturated heterocycles. The number of esters is 1. The molecular formula is C30H31N3O3S2. The van der Waals surface area contributed by atoms with Crippen LogP contribution >= 0.6 is 23.1 Å². The summed E-state index contributed by atoms with van der Waals surface area (Å²) in [5.74, 6) is 0.437. The van der Waals surface area contributed by atoms with Gasteiger partial charge in [0.05, 0.1) is 17.7 Å². The molecule has 1 N–H and O–H groups in total. The monoisotopic (exact) mass is 545 g/mol. The average molecular weight is 546 g/mol. The number of thioether (sulfide) groups is 1. The molecule has 3 aromatic rings. The van der Waals surface area contributed by atoms with E-state index in [1.165, 1.54) is 33.5 Å². The van der Waals surface area contributed by atoms with Gasteiger partial charge in [-0.25, -0.2) is 9.78 Å². The molecule has 38 heavy (non-hydrogen) atoms. The summed E-state index contributed by atoms with van der Waals surface area (Å²) in [6, 6.07) is 14.8. The number of carbonyl (C=O) groups excluding carboxylic acids is 2. The van der Waals surface area contributed by atoms with Crippen LogP contribution in [0.25, 0.3) is 0 Å². The topological polar surface area (TPSA) is 92.1 Å². The summed E-state index contributed by atoms with van der Waals surface area (Å²) in [7, 11) is 0. The molecule has 1 unspecified atom stereocenters. The van der Waals surface area contributed by atoms with Crippen molar-refractivity contribution in [2.45, 2.75) is 69.2 Å². The molecule has 2 aliphatic rings. The van der Waals surface area contributed by atoms with Gasteiger partial charge in [-0.1, -0.05) is 30.3 Å². The Labute approximate surface area is 231 Å². The van der Waals surface area contributed by atoms with E-state index < -0.39 is 0 Å². The van der Waals surface area contributed by atoms with Crippen LogP contribution in [0.2, 0.25) is 0 Å². The summed E-state index contributed by atoms with van der Waals surface area (Å²) < 4.78 is 5.29. The second-order valence-electron chi connectivity index (χ2n) is 9.69. The average Bonchev–Trinajstić information content (AvgIpc) is 3.30. The largest absolute Gasteiger partial charge is 0.462 e. The lowest BCUT2D eigenvalue weighted by molar-refractivity contribution is -0.115. The molecule has 0 spiro atoms. The minimum Gasteiger partial charge on any atom is -0.462 e. The smallest absolute Gasteiger partial charge is 0.341 e. The highest BCUT2D eigenvalue weighted by Gasteiger charge is 2.27. The molecule has 6 nitrogen and oxygen atoms in total. The van der Waals surface area contributed by atoms with E-state index in [-0.39, 0.29) is 18.3 Å². The fourth-order valence-corrected chi connectivity index (χ4v) is 7.56. The van der Waals surface area contributed by atoms with Crippen LogP contribution in [0.3, 0.4) is 0 Å². The van der Waals surface area contributed by atoms with Crippen molar-refractivity contribution in [2.24, 2.45) is 0 Å². The van der Waals surface area contributed by atoms with Gasteiger partial charge in [-0.15, -0.1) is 23.1 Å². The van der Waals surface area contributed by atoms with E-state index in [4.69, 9.17) is 9.72 Å². The standard InChI is InChI=1S/C30H31N3O3S2/c1-2-36-30(35)27-23-10-6-7-11-25(23)38-29(27)33-26(34)14-15-37-28-22(18-31)17-21-16-20(12-13-24(21)32-28)19-8-4-3-5-9-19/h3-5,8-9,17,20H,2,6-7,10-16H2,1H3,(H,33,34). The number of amides is 1. The quantitative estimate of drug-likeness (QED) is 0.258. The van der Waals surface area contributed by atoms with E-state index in [1.54, 1.807) is 6.92 Å². The van der Waals surface area contributed by atoms with Gasteiger partial charge < -0.3 is 10.1 Å². The van der Waals surface area contributed by atoms with Crippen molar-refractivity contribution in [3.8, 4) is 6.07 Å². The first-order valence-corrected chi connectivity index (χ1v) is 15.1. The summed E-state index contributed by atoms with van der Waals surface area (Å²) in [5.41, 5.74) is 5.68. The molecule has 0 bridgehead atoms. The Balaban J connectivity index is 1.23. The van der Waals surface area contributed by atoms with Gasteiger partial charge >= 0.3 is 5.97 Å². The number of aromatic nitrogens is 1. The fourth-order valence-electron chi connectivity index (χ4n) is 5.35. The number of thiophene rings is 1. The molecule has 2 heterocycles. The fraction of sp³-hybridized carbons (Fsp3) is 0.400. The Kier molecular flexibility index (Phi) is 8.45. The first-order chi connectivity index (χ1) is 18.6. The van der Waals surface area contributed by atoms with Crippen molar-refractivity contribution in [3.05, 3.63) is 74.8 Å². The molecule has 1 aromatic carbocycles. The van der Waals surface area contributed by atoms with E-state index in [2.05, 4.69) is 35.7 Å². The summed E-state index contributed by atoms with van der Waals surface area (Å²) in [6.45, 7) is 2.09. The van der Waals surface area contributed by atoms with Crippen LogP contribution in [0, 0.1) is 11.3 Å². The molecule has 2 aliphatic carbocycles. The van der Waals surface area contributed by atoms with Gasteiger partial charge in [-0.05, 0) is 80.5 Å². The lowest BCUT2D eigenvalue weighted by Gasteiger charge is -2.25. The Hall–Kier alpha value is -3.15. The zero-order chi connectivity index (χ0) is 26.5. The number of rotatable bonds is 8. The number of benzene rings is 1. The minimum absolute atomic E-state index is 0.149. The van der Waals surface area contributed by atoms with Crippen molar-refractivity contribution in [1.29, 1.82) is 5.26 Å².